The number of nitrogens with zero attached hydrogens (tertiary/aromatic N) is 2. The van der Waals surface area contributed by atoms with Gasteiger partial charge in [-0.25, -0.2) is 9.78 Å². The Kier molecular flexibility index (Phi) is 5.17. The van der Waals surface area contributed by atoms with Crippen LogP contribution in [0.5, 0.6) is 0 Å². The fourth-order valence-corrected chi connectivity index (χ4v) is 3.81. The largest absolute Gasteiger partial charge is 0.416 e. The number of hydrogen-bond donors (Lipinski definition) is 2. The fraction of sp³-hybridized carbons (Fsp3) is 0.364. The molecule has 2 heterocycles. The summed E-state index contributed by atoms with van der Waals surface area (Å²) in [5, 5.41) is 2.69. The smallest absolute Gasteiger partial charge is 0.342 e. The molecule has 3 aromatic rings. The van der Waals surface area contributed by atoms with Crippen molar-refractivity contribution in [3.63, 3.8) is 0 Å². The van der Waals surface area contributed by atoms with Crippen molar-refractivity contribution in [2.24, 2.45) is 0 Å². The second-order valence-corrected chi connectivity index (χ2v) is 7.87. The molecule has 2 amide bonds. The van der Waals surface area contributed by atoms with E-state index in [-0.39, 0.29) is 11.9 Å². The molecule has 1 aliphatic rings. The average molecular weight is 416 g/mol. The molecule has 0 bridgehead atoms. The first-order chi connectivity index (χ1) is 14.2. The quantitative estimate of drug-likeness (QED) is 0.570. The first kappa shape index (κ1) is 20.3. The van der Waals surface area contributed by atoms with Crippen LogP contribution in [0.2, 0.25) is 0 Å². The summed E-state index contributed by atoms with van der Waals surface area (Å²) in [6.07, 6.45) is -2.64. The van der Waals surface area contributed by atoms with Gasteiger partial charge < -0.3 is 15.2 Å². The van der Waals surface area contributed by atoms with Crippen LogP contribution in [-0.4, -0.2) is 34.0 Å². The van der Waals surface area contributed by atoms with Crippen molar-refractivity contribution < 1.29 is 18.0 Å². The number of aromatic amines is 1. The molecule has 1 aliphatic heterocycles. The van der Waals surface area contributed by atoms with Crippen molar-refractivity contribution in [2.75, 3.05) is 18.4 Å². The second kappa shape index (κ2) is 7.66. The van der Waals surface area contributed by atoms with E-state index >= 15 is 0 Å². The number of benzene rings is 2. The molecule has 2 N–H and O–H groups in total. The Morgan fingerprint density at radius 1 is 1.17 bits per heavy atom. The van der Waals surface area contributed by atoms with Gasteiger partial charge >= 0.3 is 12.2 Å². The summed E-state index contributed by atoms with van der Waals surface area (Å²) in [4.78, 5) is 22.5. The number of alkyl halides is 3. The number of piperidine rings is 1. The molecular formula is C22H23F3N4O. The number of hydrogen-bond acceptors (Lipinski definition) is 2. The predicted molar refractivity (Wildman–Crippen MR) is 110 cm³/mol. The maximum Gasteiger partial charge on any atom is 0.416 e. The fourth-order valence-electron chi connectivity index (χ4n) is 3.81. The van der Waals surface area contributed by atoms with E-state index in [0.29, 0.717) is 18.8 Å². The Balaban J connectivity index is 1.45. The third-order valence-corrected chi connectivity index (χ3v) is 5.67. The van der Waals surface area contributed by atoms with Gasteiger partial charge in [0.05, 0.1) is 16.6 Å². The minimum atomic E-state index is -4.40. The molecule has 0 aliphatic carbocycles. The molecule has 0 unspecified atom stereocenters. The lowest BCUT2D eigenvalue weighted by atomic mass is 9.97. The van der Waals surface area contributed by atoms with Crippen LogP contribution in [0.4, 0.5) is 23.7 Å². The van der Waals surface area contributed by atoms with Gasteiger partial charge in [-0.3, -0.25) is 0 Å². The molecule has 30 heavy (non-hydrogen) atoms. The number of H-pyrrole nitrogens is 1. The standard InChI is InChI=1S/C22H23F3N4O/c1-13-10-18-19(11-14(13)2)28-20(27-18)15-4-3-9-29(12-15)21(30)26-17-7-5-16(6-8-17)22(23,24)25/h5-8,10-11,15H,3-4,9,12H2,1-2H3,(H,26,30)(H,27,28)/t15-/m1/s1. The van der Waals surface area contributed by atoms with E-state index in [9.17, 15) is 18.0 Å². The highest BCUT2D eigenvalue weighted by molar-refractivity contribution is 5.89. The number of amides is 2. The third kappa shape index (κ3) is 4.13. The van der Waals surface area contributed by atoms with E-state index in [1.807, 2.05) is 0 Å². The topological polar surface area (TPSA) is 61.0 Å². The first-order valence-electron chi connectivity index (χ1n) is 9.91. The zero-order valence-corrected chi connectivity index (χ0v) is 16.8. The van der Waals surface area contributed by atoms with Crippen molar-refractivity contribution in [1.82, 2.24) is 14.9 Å². The van der Waals surface area contributed by atoms with Crippen molar-refractivity contribution >= 4 is 22.8 Å². The van der Waals surface area contributed by atoms with Gasteiger partial charge in [0, 0.05) is 24.7 Å². The number of aromatic nitrogens is 2. The predicted octanol–water partition coefficient (Wildman–Crippen LogP) is 5.61. The van der Waals surface area contributed by atoms with Gasteiger partial charge in [0.2, 0.25) is 0 Å². The second-order valence-electron chi connectivity index (χ2n) is 7.87. The van der Waals surface area contributed by atoms with Crippen molar-refractivity contribution in [3.05, 3.63) is 58.9 Å². The maximum atomic E-state index is 12.7. The summed E-state index contributed by atoms with van der Waals surface area (Å²) >= 11 is 0. The molecule has 0 radical (unpaired) electrons. The summed E-state index contributed by atoms with van der Waals surface area (Å²) in [5.41, 5.74) is 3.87. The number of halogens is 3. The Morgan fingerprint density at radius 3 is 2.57 bits per heavy atom. The number of fused-ring (bicyclic) bond motifs is 1. The number of anilines is 1. The lowest BCUT2D eigenvalue weighted by Gasteiger charge is -2.31. The number of imidazole rings is 1. The van der Waals surface area contributed by atoms with Gasteiger partial charge in [-0.1, -0.05) is 0 Å². The number of urea groups is 1. The van der Waals surface area contributed by atoms with Crippen LogP contribution in [0.15, 0.2) is 36.4 Å². The molecule has 158 valence electrons. The molecule has 0 spiro atoms. The van der Waals surface area contributed by atoms with Crippen molar-refractivity contribution in [3.8, 4) is 0 Å². The first-order valence-corrected chi connectivity index (χ1v) is 9.91. The van der Waals surface area contributed by atoms with Gasteiger partial charge in [-0.15, -0.1) is 0 Å². The SMILES string of the molecule is Cc1cc2nc([C@@H]3CCCN(C(=O)Nc4ccc(C(F)(F)F)cc4)C3)[nH]c2cc1C. The zero-order chi connectivity index (χ0) is 21.5. The van der Waals surface area contributed by atoms with Crippen LogP contribution in [0.3, 0.4) is 0 Å². The lowest BCUT2D eigenvalue weighted by molar-refractivity contribution is -0.137. The van der Waals surface area contributed by atoms with E-state index in [2.05, 4.69) is 36.3 Å². The van der Waals surface area contributed by atoms with E-state index in [4.69, 9.17) is 4.98 Å². The summed E-state index contributed by atoms with van der Waals surface area (Å²) in [6.45, 7) is 5.21. The molecule has 4 rings (SSSR count). The van der Waals surface area contributed by atoms with Gasteiger partial charge in [0.15, 0.2) is 0 Å². The summed E-state index contributed by atoms with van der Waals surface area (Å²) in [5.74, 6) is 0.951. The molecule has 1 atom stereocenters. The molecule has 2 aromatic carbocycles. The number of rotatable bonds is 2. The minimum Gasteiger partial charge on any atom is -0.342 e. The average Bonchev–Trinajstić information content (AvgIpc) is 3.11. The Labute approximate surface area is 172 Å². The Bertz CT molecular complexity index is 1030. The molecular weight excluding hydrogens is 393 g/mol. The number of likely N-dealkylation sites (tertiary alicyclic amines) is 1. The van der Waals surface area contributed by atoms with Crippen LogP contribution in [-0.2, 0) is 6.18 Å². The molecule has 8 heteroatoms. The van der Waals surface area contributed by atoms with E-state index in [0.717, 1.165) is 41.8 Å². The molecule has 0 saturated carbocycles. The van der Waals surface area contributed by atoms with Gasteiger partial charge in [0.1, 0.15) is 5.82 Å². The third-order valence-electron chi connectivity index (χ3n) is 5.67. The highest BCUT2D eigenvalue weighted by Crippen LogP contribution is 2.31. The maximum absolute atomic E-state index is 12.7. The van der Waals surface area contributed by atoms with Crippen molar-refractivity contribution in [1.29, 1.82) is 0 Å². The molecule has 1 aromatic heterocycles. The zero-order valence-electron chi connectivity index (χ0n) is 16.8. The van der Waals surface area contributed by atoms with Crippen LogP contribution < -0.4 is 5.32 Å². The van der Waals surface area contributed by atoms with E-state index in [1.165, 1.54) is 23.3 Å². The Morgan fingerprint density at radius 2 is 1.87 bits per heavy atom. The molecule has 5 nitrogen and oxygen atoms in total. The van der Waals surface area contributed by atoms with Gasteiger partial charge in [-0.2, -0.15) is 13.2 Å². The normalized spacial score (nSPS) is 17.4. The molecule has 1 fully saturated rings. The highest BCUT2D eigenvalue weighted by atomic mass is 19.4. The summed E-state index contributed by atoms with van der Waals surface area (Å²) in [7, 11) is 0. The molecule has 1 saturated heterocycles. The number of carbonyl (C=O) groups excluding carboxylic acids is 1. The lowest BCUT2D eigenvalue weighted by Crippen LogP contribution is -2.41. The van der Waals surface area contributed by atoms with Crippen LogP contribution in [0.1, 0.15) is 41.3 Å². The number of carbonyl (C=O) groups is 1. The summed E-state index contributed by atoms with van der Waals surface area (Å²) < 4.78 is 38.1. The van der Waals surface area contributed by atoms with Crippen LogP contribution in [0, 0.1) is 13.8 Å². The van der Waals surface area contributed by atoms with E-state index in [1.54, 1.807) is 4.90 Å². The number of aryl methyl sites for hydroxylation is 2. The minimum absolute atomic E-state index is 0.0881. The van der Waals surface area contributed by atoms with Crippen LogP contribution in [0.25, 0.3) is 11.0 Å². The van der Waals surface area contributed by atoms with Gasteiger partial charge in [-0.05, 0) is 74.2 Å². The summed E-state index contributed by atoms with van der Waals surface area (Å²) in [6, 6.07) is 8.29. The van der Waals surface area contributed by atoms with E-state index < -0.39 is 11.7 Å². The monoisotopic (exact) mass is 416 g/mol. The highest BCUT2D eigenvalue weighted by Gasteiger charge is 2.30. The van der Waals surface area contributed by atoms with Crippen molar-refractivity contribution in [2.45, 2.75) is 38.8 Å². The Hall–Kier alpha value is -3.03. The van der Waals surface area contributed by atoms with Gasteiger partial charge in [0.25, 0.3) is 0 Å². The number of nitrogens with one attached hydrogen (secondary N) is 2. The van der Waals surface area contributed by atoms with Crippen LogP contribution >= 0.6 is 0 Å².